The third-order valence-electron chi connectivity index (χ3n) is 6.54. The summed E-state index contributed by atoms with van der Waals surface area (Å²) in [5.41, 5.74) is 3.33. The maximum Gasteiger partial charge on any atom is 0.253 e. The summed E-state index contributed by atoms with van der Waals surface area (Å²) in [5.74, 6) is 0.916. The third-order valence-corrected chi connectivity index (χ3v) is 7.41. The van der Waals surface area contributed by atoms with Crippen molar-refractivity contribution in [3.05, 3.63) is 45.9 Å². The molecule has 4 rings (SSSR count). The highest BCUT2D eigenvalue weighted by molar-refractivity contribution is 7.09. The summed E-state index contributed by atoms with van der Waals surface area (Å²) in [4.78, 5) is 20.6. The molecule has 2 aliphatic rings. The number of carbonyl (C=O) groups is 1. The molecule has 0 aliphatic carbocycles. The van der Waals surface area contributed by atoms with Crippen LogP contribution < -0.4 is 4.74 Å². The number of hydrogen-bond donors (Lipinski definition) is 0. The smallest absolute Gasteiger partial charge is 0.253 e. The molecule has 0 N–H and O–H groups in total. The van der Waals surface area contributed by atoms with Gasteiger partial charge in [0.2, 0.25) is 0 Å². The van der Waals surface area contributed by atoms with E-state index in [0.717, 1.165) is 60.5 Å². The number of rotatable bonds is 7. The maximum atomic E-state index is 13.2. The molecule has 180 valence electrons. The fraction of sp³-hybridized carbons (Fsp3) is 0.615. The molecule has 1 amide bonds. The molecule has 6 nitrogen and oxygen atoms in total. The van der Waals surface area contributed by atoms with E-state index >= 15 is 0 Å². The third kappa shape index (κ3) is 5.76. The highest BCUT2D eigenvalue weighted by Gasteiger charge is 2.45. The molecule has 2 fully saturated rings. The van der Waals surface area contributed by atoms with Gasteiger partial charge in [0.25, 0.3) is 5.91 Å². The van der Waals surface area contributed by atoms with Gasteiger partial charge in [-0.1, -0.05) is 6.92 Å². The van der Waals surface area contributed by atoms with Crippen molar-refractivity contribution in [1.82, 2.24) is 9.88 Å². The van der Waals surface area contributed by atoms with Gasteiger partial charge in [0.15, 0.2) is 0 Å². The first-order valence-electron chi connectivity index (χ1n) is 12.1. The fourth-order valence-electron chi connectivity index (χ4n) is 4.90. The highest BCUT2D eigenvalue weighted by atomic mass is 32.1. The van der Waals surface area contributed by atoms with Crippen LogP contribution in [0.3, 0.4) is 0 Å². The maximum absolute atomic E-state index is 13.2. The minimum absolute atomic E-state index is 0.0199. The van der Waals surface area contributed by atoms with E-state index in [0.29, 0.717) is 13.1 Å². The van der Waals surface area contributed by atoms with Crippen LogP contribution in [0.25, 0.3) is 0 Å². The van der Waals surface area contributed by atoms with Crippen LogP contribution in [0.1, 0.15) is 79.8 Å². The van der Waals surface area contributed by atoms with E-state index < -0.39 is 0 Å². The second kappa shape index (κ2) is 10.5. The van der Waals surface area contributed by atoms with Gasteiger partial charge in [0, 0.05) is 44.3 Å². The molecule has 33 heavy (non-hydrogen) atoms. The highest BCUT2D eigenvalue weighted by Crippen LogP contribution is 2.44. The number of hydrogen-bond acceptors (Lipinski definition) is 6. The van der Waals surface area contributed by atoms with Crippen LogP contribution in [0.4, 0.5) is 0 Å². The van der Waals surface area contributed by atoms with Crippen molar-refractivity contribution in [3.8, 4) is 5.75 Å². The Morgan fingerprint density at radius 1 is 1.33 bits per heavy atom. The lowest BCUT2D eigenvalue weighted by Gasteiger charge is -2.48. The van der Waals surface area contributed by atoms with Crippen LogP contribution in [0.5, 0.6) is 5.75 Å². The van der Waals surface area contributed by atoms with Gasteiger partial charge in [-0.25, -0.2) is 0 Å². The number of aromatic nitrogens is 1. The summed E-state index contributed by atoms with van der Waals surface area (Å²) < 4.78 is 18.7. The molecule has 0 bridgehead atoms. The fourth-order valence-corrected chi connectivity index (χ4v) is 5.56. The van der Waals surface area contributed by atoms with Crippen molar-refractivity contribution >= 4 is 17.2 Å². The van der Waals surface area contributed by atoms with Gasteiger partial charge in [-0.15, -0.1) is 11.3 Å². The summed E-state index contributed by atoms with van der Waals surface area (Å²) in [5, 5.41) is 0. The van der Waals surface area contributed by atoms with Gasteiger partial charge in [-0.05, 0) is 63.8 Å². The Morgan fingerprint density at radius 3 is 2.76 bits per heavy atom. The Hall–Kier alpha value is -1.96. The van der Waals surface area contributed by atoms with Gasteiger partial charge >= 0.3 is 0 Å². The SMILES string of the molecule is CCCOC1CC(c2cncs2)OC2(CCN(C(=O)c3ccc(OC(C)C)c(C)c3)CC2)C1. The van der Waals surface area contributed by atoms with Crippen molar-refractivity contribution in [2.45, 2.75) is 83.7 Å². The van der Waals surface area contributed by atoms with Crippen LogP contribution in [0.2, 0.25) is 0 Å². The van der Waals surface area contributed by atoms with Gasteiger partial charge < -0.3 is 19.1 Å². The number of amides is 1. The molecule has 2 atom stereocenters. The molecule has 2 unspecified atom stereocenters. The summed E-state index contributed by atoms with van der Waals surface area (Å²) in [6.07, 6.45) is 6.66. The van der Waals surface area contributed by atoms with E-state index in [1.165, 1.54) is 0 Å². The quantitative estimate of drug-likeness (QED) is 0.528. The van der Waals surface area contributed by atoms with Crippen molar-refractivity contribution in [2.75, 3.05) is 19.7 Å². The van der Waals surface area contributed by atoms with Crippen molar-refractivity contribution < 1.29 is 19.0 Å². The van der Waals surface area contributed by atoms with E-state index in [1.54, 1.807) is 11.3 Å². The lowest BCUT2D eigenvalue weighted by atomic mass is 9.81. The Kier molecular flexibility index (Phi) is 7.72. The number of carbonyl (C=O) groups excluding carboxylic acids is 1. The molecule has 2 aliphatic heterocycles. The summed E-state index contributed by atoms with van der Waals surface area (Å²) in [6.45, 7) is 10.3. The lowest BCUT2D eigenvalue weighted by molar-refractivity contribution is -0.190. The van der Waals surface area contributed by atoms with E-state index in [-0.39, 0.29) is 29.8 Å². The average Bonchev–Trinajstić information content (AvgIpc) is 3.34. The largest absolute Gasteiger partial charge is 0.491 e. The number of aryl methyl sites for hydroxylation is 1. The van der Waals surface area contributed by atoms with Crippen molar-refractivity contribution in [2.24, 2.45) is 0 Å². The first-order chi connectivity index (χ1) is 15.9. The number of ether oxygens (including phenoxy) is 3. The zero-order chi connectivity index (χ0) is 23.4. The van der Waals surface area contributed by atoms with Crippen molar-refractivity contribution in [3.63, 3.8) is 0 Å². The molecule has 0 saturated carbocycles. The number of thiazole rings is 1. The molecule has 7 heteroatoms. The molecule has 1 spiro atoms. The zero-order valence-electron chi connectivity index (χ0n) is 20.2. The second-order valence-corrected chi connectivity index (χ2v) is 10.5. The van der Waals surface area contributed by atoms with E-state index in [9.17, 15) is 4.79 Å². The van der Waals surface area contributed by atoms with E-state index in [1.807, 2.05) is 55.6 Å². The van der Waals surface area contributed by atoms with Gasteiger partial charge in [-0.3, -0.25) is 9.78 Å². The minimum Gasteiger partial charge on any atom is -0.491 e. The van der Waals surface area contributed by atoms with E-state index in [2.05, 4.69) is 11.9 Å². The van der Waals surface area contributed by atoms with Crippen LogP contribution in [-0.4, -0.2) is 53.3 Å². The monoisotopic (exact) mass is 472 g/mol. The van der Waals surface area contributed by atoms with Crippen LogP contribution in [0.15, 0.2) is 29.9 Å². The number of benzene rings is 1. The molecule has 2 aromatic rings. The Balaban J connectivity index is 1.43. The first kappa shape index (κ1) is 24.2. The first-order valence-corrected chi connectivity index (χ1v) is 13.0. The molecule has 3 heterocycles. The molecule has 2 saturated heterocycles. The topological polar surface area (TPSA) is 60.9 Å². The Morgan fingerprint density at radius 2 is 2.12 bits per heavy atom. The summed E-state index contributed by atoms with van der Waals surface area (Å²) in [7, 11) is 0. The van der Waals surface area contributed by atoms with Crippen LogP contribution in [0, 0.1) is 6.92 Å². The molecule has 1 aromatic heterocycles. The molecule has 1 aromatic carbocycles. The summed E-state index contributed by atoms with van der Waals surface area (Å²) >= 11 is 1.64. The predicted molar refractivity (Wildman–Crippen MR) is 130 cm³/mol. The zero-order valence-corrected chi connectivity index (χ0v) is 21.0. The lowest BCUT2D eigenvalue weighted by Crippen LogP contribution is -2.52. The number of likely N-dealkylation sites (tertiary alicyclic amines) is 1. The van der Waals surface area contributed by atoms with Crippen LogP contribution in [-0.2, 0) is 9.47 Å². The predicted octanol–water partition coefficient (Wildman–Crippen LogP) is 5.56. The minimum atomic E-state index is -0.243. The molecular weight excluding hydrogens is 436 g/mol. The van der Waals surface area contributed by atoms with Gasteiger partial charge in [0.05, 0.1) is 34.3 Å². The summed E-state index contributed by atoms with van der Waals surface area (Å²) in [6, 6.07) is 5.73. The number of nitrogens with zero attached hydrogens (tertiary/aromatic N) is 2. The molecular formula is C26H36N2O4S. The molecule has 0 radical (unpaired) electrons. The Labute approximate surface area is 201 Å². The normalized spacial score (nSPS) is 22.6. The Bertz CT molecular complexity index is 922. The van der Waals surface area contributed by atoms with Crippen LogP contribution >= 0.6 is 11.3 Å². The second-order valence-electron chi connectivity index (χ2n) is 9.57. The van der Waals surface area contributed by atoms with Gasteiger partial charge in [-0.2, -0.15) is 0 Å². The van der Waals surface area contributed by atoms with Gasteiger partial charge in [0.1, 0.15) is 5.75 Å². The average molecular weight is 473 g/mol. The standard InChI is InChI=1S/C26H36N2O4S/c1-5-12-30-21-14-23(24-16-27-17-33-24)32-26(15-21)8-10-28(11-9-26)25(29)20-6-7-22(19(4)13-20)31-18(2)3/h6-7,13,16-18,21,23H,5,8-12,14-15H2,1-4H3. The van der Waals surface area contributed by atoms with Crippen molar-refractivity contribution in [1.29, 1.82) is 0 Å². The number of piperidine rings is 1. The van der Waals surface area contributed by atoms with E-state index in [4.69, 9.17) is 14.2 Å².